The van der Waals surface area contributed by atoms with Gasteiger partial charge in [0.05, 0.1) is 10.5 Å². The van der Waals surface area contributed by atoms with Crippen molar-refractivity contribution >= 4 is 38.7 Å². The molecule has 144 valence electrons. The summed E-state index contributed by atoms with van der Waals surface area (Å²) in [5.74, 6) is -0.670. The van der Waals surface area contributed by atoms with Crippen molar-refractivity contribution in [3.8, 4) is 0 Å². The van der Waals surface area contributed by atoms with Gasteiger partial charge < -0.3 is 5.32 Å². The Morgan fingerprint density at radius 1 is 0.862 bits per heavy atom. The lowest BCUT2D eigenvalue weighted by molar-refractivity contribution is -0.110. The minimum absolute atomic E-state index is 0.149. The van der Waals surface area contributed by atoms with E-state index < -0.39 is 10.0 Å². The third-order valence-corrected chi connectivity index (χ3v) is 5.86. The van der Waals surface area contributed by atoms with Gasteiger partial charge in [0.1, 0.15) is 0 Å². The zero-order valence-electron chi connectivity index (χ0n) is 15.1. The predicted molar refractivity (Wildman–Crippen MR) is 111 cm³/mol. The van der Waals surface area contributed by atoms with Gasteiger partial charge in [0.25, 0.3) is 15.9 Å². The zero-order chi connectivity index (χ0) is 20.4. The van der Waals surface area contributed by atoms with Gasteiger partial charge in [-0.25, -0.2) is 8.42 Å². The Kier molecular flexibility index (Phi) is 4.74. The number of para-hydroxylation sites is 1. The lowest BCUT2D eigenvalue weighted by atomic mass is 10.0. The molecule has 3 aromatic rings. The van der Waals surface area contributed by atoms with Gasteiger partial charge in [0.15, 0.2) is 5.78 Å². The van der Waals surface area contributed by atoms with Crippen LogP contribution < -0.4 is 10.0 Å². The predicted octanol–water partition coefficient (Wildman–Crippen LogP) is 3.71. The van der Waals surface area contributed by atoms with E-state index in [-0.39, 0.29) is 16.6 Å². The Morgan fingerprint density at radius 2 is 1.52 bits per heavy atom. The second kappa shape index (κ2) is 7.37. The standard InChI is InChI=1S/C22H16N2O4S/c25-21(14-19-18-8-4-5-9-20(18)23-22(19)26)15-10-12-16(13-11-15)24-29(27,28)17-6-2-1-3-7-17/h1-14,24H,(H,23,26)/b19-14+. The first-order valence-corrected chi connectivity index (χ1v) is 10.3. The van der Waals surface area contributed by atoms with Crippen LogP contribution >= 0.6 is 0 Å². The SMILES string of the molecule is O=C1Nc2ccccc2/C1=C\C(=O)c1ccc(NS(=O)(=O)c2ccccc2)cc1. The summed E-state index contributed by atoms with van der Waals surface area (Å²) in [6.45, 7) is 0. The van der Waals surface area contributed by atoms with E-state index in [4.69, 9.17) is 0 Å². The van der Waals surface area contributed by atoms with Gasteiger partial charge in [-0.2, -0.15) is 0 Å². The Bertz CT molecular complexity index is 1230. The Morgan fingerprint density at radius 3 is 2.24 bits per heavy atom. The Balaban J connectivity index is 1.54. The van der Waals surface area contributed by atoms with Crippen molar-refractivity contribution in [1.82, 2.24) is 0 Å². The molecule has 0 saturated heterocycles. The van der Waals surface area contributed by atoms with E-state index in [0.717, 1.165) is 0 Å². The maximum absolute atomic E-state index is 12.6. The molecular weight excluding hydrogens is 388 g/mol. The number of anilines is 2. The highest BCUT2D eigenvalue weighted by atomic mass is 32.2. The van der Waals surface area contributed by atoms with Gasteiger partial charge in [-0.3, -0.25) is 14.3 Å². The van der Waals surface area contributed by atoms with Gasteiger partial charge in [0.2, 0.25) is 0 Å². The molecule has 7 heteroatoms. The quantitative estimate of drug-likeness (QED) is 0.501. The Labute approximate surface area is 167 Å². The van der Waals surface area contributed by atoms with Gasteiger partial charge in [-0.15, -0.1) is 0 Å². The van der Waals surface area contributed by atoms with Crippen LogP contribution in [-0.4, -0.2) is 20.1 Å². The van der Waals surface area contributed by atoms with Crippen molar-refractivity contribution in [2.75, 3.05) is 10.0 Å². The second-order valence-electron chi connectivity index (χ2n) is 6.42. The summed E-state index contributed by atoms with van der Waals surface area (Å²) < 4.78 is 27.2. The molecule has 0 aliphatic carbocycles. The highest BCUT2D eigenvalue weighted by Gasteiger charge is 2.24. The van der Waals surface area contributed by atoms with Crippen molar-refractivity contribution < 1.29 is 18.0 Å². The molecule has 0 aromatic heterocycles. The van der Waals surface area contributed by atoms with E-state index in [1.807, 2.05) is 0 Å². The van der Waals surface area contributed by atoms with Crippen molar-refractivity contribution in [3.63, 3.8) is 0 Å². The van der Waals surface area contributed by atoms with Crippen LogP contribution in [0.1, 0.15) is 15.9 Å². The summed E-state index contributed by atoms with van der Waals surface area (Å²) in [6.07, 6.45) is 1.30. The molecule has 0 unspecified atom stereocenters. The molecule has 0 radical (unpaired) electrons. The number of benzene rings is 3. The van der Waals surface area contributed by atoms with E-state index in [9.17, 15) is 18.0 Å². The fraction of sp³-hybridized carbons (Fsp3) is 0. The molecule has 4 rings (SSSR count). The molecule has 1 amide bonds. The fourth-order valence-corrected chi connectivity index (χ4v) is 4.09. The average Bonchev–Trinajstić information content (AvgIpc) is 3.04. The topological polar surface area (TPSA) is 92.3 Å². The summed E-state index contributed by atoms with van der Waals surface area (Å²) in [4.78, 5) is 24.9. The summed E-state index contributed by atoms with van der Waals surface area (Å²) >= 11 is 0. The van der Waals surface area contributed by atoms with Crippen molar-refractivity contribution in [2.24, 2.45) is 0 Å². The molecule has 1 heterocycles. The molecule has 1 aliphatic rings. The third-order valence-electron chi connectivity index (χ3n) is 4.46. The smallest absolute Gasteiger partial charge is 0.261 e. The molecule has 2 N–H and O–H groups in total. The van der Waals surface area contributed by atoms with E-state index in [0.29, 0.717) is 28.1 Å². The zero-order valence-corrected chi connectivity index (χ0v) is 15.9. The summed E-state index contributed by atoms with van der Waals surface area (Å²) in [5.41, 5.74) is 2.33. The summed E-state index contributed by atoms with van der Waals surface area (Å²) in [7, 11) is -3.71. The third kappa shape index (κ3) is 3.81. The van der Waals surface area contributed by atoms with Crippen LogP contribution in [-0.2, 0) is 14.8 Å². The number of ketones is 1. The Hall–Kier alpha value is -3.71. The van der Waals surface area contributed by atoms with E-state index in [2.05, 4.69) is 10.0 Å². The van der Waals surface area contributed by atoms with Crippen molar-refractivity contribution in [3.05, 3.63) is 96.1 Å². The number of amides is 1. The van der Waals surface area contributed by atoms with E-state index in [1.165, 1.54) is 42.5 Å². The van der Waals surface area contributed by atoms with Gasteiger partial charge in [-0.05, 0) is 48.5 Å². The van der Waals surface area contributed by atoms with Crippen molar-refractivity contribution in [2.45, 2.75) is 4.90 Å². The monoisotopic (exact) mass is 404 g/mol. The number of carbonyl (C=O) groups is 2. The molecule has 29 heavy (non-hydrogen) atoms. The number of allylic oxidation sites excluding steroid dienone is 1. The average molecular weight is 404 g/mol. The van der Waals surface area contributed by atoms with Crippen LogP contribution in [0.25, 0.3) is 5.57 Å². The van der Waals surface area contributed by atoms with Crippen LogP contribution in [0, 0.1) is 0 Å². The number of fused-ring (bicyclic) bond motifs is 1. The highest BCUT2D eigenvalue weighted by Crippen LogP contribution is 2.31. The number of sulfonamides is 1. The maximum atomic E-state index is 12.6. The minimum atomic E-state index is -3.71. The summed E-state index contributed by atoms with van der Waals surface area (Å²) in [5, 5.41) is 2.72. The number of rotatable bonds is 5. The van der Waals surface area contributed by atoms with Crippen molar-refractivity contribution in [1.29, 1.82) is 0 Å². The lowest BCUT2D eigenvalue weighted by Gasteiger charge is -2.08. The minimum Gasteiger partial charge on any atom is -0.321 e. The number of nitrogens with one attached hydrogen (secondary N) is 2. The van der Waals surface area contributed by atoms with Crippen LogP contribution in [0.4, 0.5) is 11.4 Å². The largest absolute Gasteiger partial charge is 0.321 e. The molecule has 3 aromatic carbocycles. The first-order chi connectivity index (χ1) is 13.9. The molecule has 0 bridgehead atoms. The van der Waals surface area contributed by atoms with Crippen LogP contribution in [0.2, 0.25) is 0 Å². The first-order valence-electron chi connectivity index (χ1n) is 8.79. The van der Waals surface area contributed by atoms with Gasteiger partial charge in [0, 0.05) is 22.5 Å². The normalized spacial score (nSPS) is 14.3. The van der Waals surface area contributed by atoms with Crippen LogP contribution in [0.5, 0.6) is 0 Å². The van der Waals surface area contributed by atoms with Gasteiger partial charge >= 0.3 is 0 Å². The number of carbonyl (C=O) groups excluding carboxylic acids is 2. The summed E-state index contributed by atoms with van der Waals surface area (Å²) in [6, 6.07) is 21.2. The molecular formula is C22H16N2O4S. The van der Waals surface area contributed by atoms with E-state index >= 15 is 0 Å². The molecule has 0 spiro atoms. The molecule has 1 aliphatic heterocycles. The van der Waals surface area contributed by atoms with Crippen LogP contribution in [0.3, 0.4) is 0 Å². The second-order valence-corrected chi connectivity index (χ2v) is 8.10. The molecule has 0 atom stereocenters. The maximum Gasteiger partial charge on any atom is 0.261 e. The van der Waals surface area contributed by atoms with Crippen LogP contribution in [0.15, 0.2) is 89.8 Å². The number of hydrogen-bond donors (Lipinski definition) is 2. The highest BCUT2D eigenvalue weighted by molar-refractivity contribution is 7.92. The lowest BCUT2D eigenvalue weighted by Crippen LogP contribution is -2.12. The number of hydrogen-bond acceptors (Lipinski definition) is 4. The molecule has 6 nitrogen and oxygen atoms in total. The molecule has 0 saturated carbocycles. The fourth-order valence-electron chi connectivity index (χ4n) is 3.01. The van der Waals surface area contributed by atoms with Gasteiger partial charge in [-0.1, -0.05) is 36.4 Å². The first kappa shape index (κ1) is 18.6. The van der Waals surface area contributed by atoms with E-state index in [1.54, 1.807) is 42.5 Å². The molecule has 0 fully saturated rings.